The fourth-order valence-corrected chi connectivity index (χ4v) is 15.1. The van der Waals surface area contributed by atoms with Gasteiger partial charge in [-0.1, -0.05) is 83.5 Å². The number of aryl methyl sites for hydroxylation is 1. The van der Waals surface area contributed by atoms with Crippen LogP contribution in [0.4, 0.5) is 0 Å². The second-order valence-electron chi connectivity index (χ2n) is 20.3. The molecule has 3 aliphatic rings. The monoisotopic (exact) mass is 1030 g/mol. The van der Waals surface area contributed by atoms with Crippen LogP contribution in [-0.4, -0.2) is 93.0 Å². The minimum atomic E-state index is -1.67. The first-order valence-electron chi connectivity index (χ1n) is 25.8. The second-order valence-corrected chi connectivity index (χ2v) is 22.9. The predicted molar refractivity (Wildman–Crippen MR) is 289 cm³/mol. The van der Waals surface area contributed by atoms with Crippen molar-refractivity contribution in [2.24, 2.45) is 17.8 Å². The maximum Gasteiger partial charge on any atom is 0.186 e. The Balaban J connectivity index is 1.22. The van der Waals surface area contributed by atoms with E-state index < -0.39 is 42.2 Å². The summed E-state index contributed by atoms with van der Waals surface area (Å²) in [5.74, 6) is -0.959. The molecule has 73 heavy (non-hydrogen) atoms. The molecular formula is C59H70N2O10S2. The number of ketones is 1. The number of rotatable bonds is 14. The van der Waals surface area contributed by atoms with Crippen molar-refractivity contribution < 1.29 is 49.6 Å². The Morgan fingerprint density at radius 2 is 1.73 bits per heavy atom. The zero-order valence-electron chi connectivity index (χ0n) is 42.0. The first-order chi connectivity index (χ1) is 35.5. The maximum absolute atomic E-state index is 16.6. The lowest BCUT2D eigenvalue weighted by molar-refractivity contribution is -0.149. The number of aliphatic hydroxyl groups excluding tert-OH is 4. The third-order valence-corrected chi connectivity index (χ3v) is 18.7. The minimum absolute atomic E-state index is 0.00408. The number of Topliss-reactive ketones (excluding diaryl/α,β-unsaturated/α-hetero) is 1. The normalized spacial score (nSPS) is 24.0. The van der Waals surface area contributed by atoms with Crippen molar-refractivity contribution >= 4 is 38.1 Å². The molecule has 0 unspecified atom stereocenters. The van der Waals surface area contributed by atoms with Crippen LogP contribution in [0.1, 0.15) is 101 Å². The molecule has 14 heteroatoms. The number of hydrogen-bond donors (Lipinski definition) is 8. The van der Waals surface area contributed by atoms with Gasteiger partial charge in [0, 0.05) is 42.6 Å². The molecule has 0 saturated heterocycles. The molecule has 0 bridgehead atoms. The van der Waals surface area contributed by atoms with Crippen molar-refractivity contribution in [3.05, 3.63) is 147 Å². The van der Waals surface area contributed by atoms with Gasteiger partial charge in [-0.3, -0.25) is 4.79 Å². The van der Waals surface area contributed by atoms with Crippen LogP contribution in [0.5, 0.6) is 28.7 Å². The summed E-state index contributed by atoms with van der Waals surface area (Å²) in [6.45, 7) is 1.80. The average molecular weight is 1030 g/mol. The van der Waals surface area contributed by atoms with Gasteiger partial charge in [-0.15, -0.1) is 0 Å². The highest BCUT2D eigenvalue weighted by molar-refractivity contribution is 8.76. The number of aromatic nitrogens is 1. The van der Waals surface area contributed by atoms with E-state index in [-0.39, 0.29) is 48.1 Å². The number of ether oxygens (including phenoxy) is 3. The molecule has 2 saturated carbocycles. The topological polar surface area (TPSA) is 194 Å². The van der Waals surface area contributed by atoms with Crippen molar-refractivity contribution in [3.8, 4) is 28.7 Å². The largest absolute Gasteiger partial charge is 0.508 e. The summed E-state index contributed by atoms with van der Waals surface area (Å²) in [6.07, 6.45) is 8.17. The molecule has 6 aromatic rings. The van der Waals surface area contributed by atoms with Crippen LogP contribution < -0.4 is 19.5 Å². The fraction of sp³-hybridized carbons (Fsp3) is 0.441. The van der Waals surface area contributed by atoms with E-state index in [1.54, 1.807) is 49.2 Å². The highest BCUT2D eigenvalue weighted by atomic mass is 33.1. The van der Waals surface area contributed by atoms with Crippen LogP contribution in [0.25, 0.3) is 10.8 Å². The van der Waals surface area contributed by atoms with Crippen molar-refractivity contribution in [3.63, 3.8) is 0 Å². The number of fused-ring (bicyclic) bond motifs is 2. The summed E-state index contributed by atoms with van der Waals surface area (Å²) in [6, 6.07) is 26.5. The zero-order valence-corrected chi connectivity index (χ0v) is 43.7. The van der Waals surface area contributed by atoms with Gasteiger partial charge in [0.2, 0.25) is 0 Å². The van der Waals surface area contributed by atoms with Gasteiger partial charge in [0.15, 0.2) is 35.6 Å². The Kier molecular flexibility index (Phi) is 17.0. The molecule has 5 aromatic carbocycles. The summed E-state index contributed by atoms with van der Waals surface area (Å²) < 4.78 is 18.3. The third-order valence-electron chi connectivity index (χ3n) is 15.8. The summed E-state index contributed by atoms with van der Waals surface area (Å²) >= 11 is 0. The number of carbonyl (C=O) groups excluding carboxylic acids is 1. The minimum Gasteiger partial charge on any atom is -0.508 e. The van der Waals surface area contributed by atoms with Gasteiger partial charge >= 0.3 is 0 Å². The van der Waals surface area contributed by atoms with Gasteiger partial charge in [0.1, 0.15) is 5.75 Å². The first-order valence-corrected chi connectivity index (χ1v) is 28.2. The number of nitrogens with one attached hydrogen (secondary N) is 2. The van der Waals surface area contributed by atoms with E-state index in [4.69, 9.17) is 14.2 Å². The van der Waals surface area contributed by atoms with Crippen LogP contribution in [0.15, 0.2) is 97.3 Å². The van der Waals surface area contributed by atoms with E-state index in [1.165, 1.54) is 10.8 Å². The molecule has 2 aliphatic carbocycles. The SMILES string of the molecule is CCc1ccc2cccc3c2c1Cc1c(ccc(O)c1OC)C[C@@H](Cc1cc[nH]c1)[C@H](O)[C@@H]1C(=O)[C@@](Cc2ccc(OCO)c(OC4CCCCC4)c2)(c2cc(O)cc(CNC)c2)[C@H](O)C[C@H]1CSS[C@H]3CO. The van der Waals surface area contributed by atoms with Crippen molar-refractivity contribution in [2.45, 2.75) is 113 Å². The predicted octanol–water partition coefficient (Wildman–Crippen LogP) is 9.44. The lowest BCUT2D eigenvalue weighted by atomic mass is 9.55. The zero-order chi connectivity index (χ0) is 51.2. The molecule has 12 nitrogen and oxygen atoms in total. The average Bonchev–Trinajstić information content (AvgIpc) is 3.91. The first kappa shape index (κ1) is 52.7. The molecule has 0 spiro atoms. The van der Waals surface area contributed by atoms with Gasteiger partial charge in [0.25, 0.3) is 0 Å². The highest BCUT2D eigenvalue weighted by Crippen LogP contribution is 2.52. The molecule has 388 valence electrons. The summed E-state index contributed by atoms with van der Waals surface area (Å²) in [4.78, 5) is 19.8. The third kappa shape index (κ3) is 11.0. The Bertz CT molecular complexity index is 2850. The molecule has 2 fully saturated rings. The molecule has 2 heterocycles. The standard InChI is InChI=1S/C59H70N2O10S2/c1-4-38-14-15-39-9-8-12-46-52(32-62)73-72-33-42-26-53(66)59(43-22-37(30-60-2)23-44(64)27-43,29-35-13-18-50(70-34-63)51(24-35)71-45-10-6-5-7-11-45)58(68)55(42)56(67)41(21-36-19-20-61-31-36)25-40-16-17-49(65)57(69-3)48(40)28-47(38)54(39)46/h8-9,12-20,22-24,27,31,41-42,45,52-53,55-56,60-67H,4-7,10-11,21,25-26,28-30,32-34H2,1-3H3/t41-,42+,52+,53-,55-,56+,59+/m1/s1. The number of H-pyrrole nitrogens is 1. The van der Waals surface area contributed by atoms with E-state index in [9.17, 15) is 30.6 Å². The Morgan fingerprint density at radius 1 is 0.890 bits per heavy atom. The number of phenolic OH excluding ortho intramolecular Hbond substituents is 2. The smallest absolute Gasteiger partial charge is 0.186 e. The number of benzene rings is 5. The number of aromatic amines is 1. The van der Waals surface area contributed by atoms with E-state index in [0.29, 0.717) is 59.9 Å². The van der Waals surface area contributed by atoms with Crippen LogP contribution in [0.2, 0.25) is 0 Å². The van der Waals surface area contributed by atoms with Crippen LogP contribution in [0, 0.1) is 17.8 Å². The molecule has 1 aliphatic heterocycles. The van der Waals surface area contributed by atoms with Crippen LogP contribution >= 0.6 is 21.6 Å². The number of carbonyl (C=O) groups is 1. The Hall–Kier alpha value is -5.19. The number of methoxy groups -OCH3 is 1. The highest BCUT2D eigenvalue weighted by Gasteiger charge is 2.58. The molecule has 0 radical (unpaired) electrons. The molecule has 1 aromatic heterocycles. The number of aliphatic hydroxyl groups is 4. The number of hydrogen-bond acceptors (Lipinski definition) is 13. The van der Waals surface area contributed by atoms with E-state index >= 15 is 4.79 Å². The molecule has 0 amide bonds. The quantitative estimate of drug-likeness (QED) is 0.0380. The Morgan fingerprint density at radius 3 is 2.47 bits per heavy atom. The second kappa shape index (κ2) is 23.6. The van der Waals surface area contributed by atoms with Gasteiger partial charge < -0.3 is 55.2 Å². The lowest BCUT2D eigenvalue weighted by Crippen LogP contribution is -2.61. The number of aromatic hydroxyl groups is 2. The number of phenols is 2. The fourth-order valence-electron chi connectivity index (χ4n) is 12.3. The van der Waals surface area contributed by atoms with Gasteiger partial charge in [-0.25, -0.2) is 0 Å². The van der Waals surface area contributed by atoms with Gasteiger partial charge in [0.05, 0.1) is 42.7 Å². The Labute approximate surface area is 436 Å². The summed E-state index contributed by atoms with van der Waals surface area (Å²) in [5.41, 5.74) is 5.93. The lowest BCUT2D eigenvalue weighted by Gasteiger charge is -2.49. The van der Waals surface area contributed by atoms with E-state index in [0.717, 1.165) is 88.2 Å². The van der Waals surface area contributed by atoms with E-state index in [1.807, 2.05) is 48.8 Å². The van der Waals surface area contributed by atoms with Gasteiger partial charge in [-0.2, -0.15) is 0 Å². The van der Waals surface area contributed by atoms with Gasteiger partial charge in [-0.05, 0) is 168 Å². The molecular weight excluding hydrogens is 961 g/mol. The van der Waals surface area contributed by atoms with Crippen LogP contribution in [-0.2, 0) is 48.9 Å². The van der Waals surface area contributed by atoms with E-state index in [2.05, 4.69) is 41.5 Å². The van der Waals surface area contributed by atoms with Crippen LogP contribution in [0.3, 0.4) is 0 Å². The van der Waals surface area contributed by atoms with Crippen molar-refractivity contribution in [1.29, 1.82) is 0 Å². The summed E-state index contributed by atoms with van der Waals surface area (Å²) in [7, 11) is 6.43. The molecule has 8 N–H and O–H groups in total. The molecule has 9 rings (SSSR count). The summed E-state index contributed by atoms with van der Waals surface area (Å²) in [5, 5.41) is 75.5. The maximum atomic E-state index is 16.6. The molecule has 7 atom stereocenters. The van der Waals surface area contributed by atoms with Crippen molar-refractivity contribution in [2.75, 3.05) is 33.3 Å². The van der Waals surface area contributed by atoms with Crippen molar-refractivity contribution in [1.82, 2.24) is 10.3 Å².